The Hall–Kier alpha value is -3.17. The lowest BCUT2D eigenvalue weighted by molar-refractivity contribution is -0.147. The van der Waals surface area contributed by atoms with Gasteiger partial charge in [0.05, 0.1) is 0 Å². The Morgan fingerprint density at radius 3 is 2.79 bits per heavy atom. The number of aryl methyl sites for hydroxylation is 1. The zero-order chi connectivity index (χ0) is 19.3. The normalized spacial score (nSPS) is 17.5. The molecule has 0 amide bonds. The average molecular weight is 387 g/mol. The number of alkyl halides is 3. The summed E-state index contributed by atoms with van der Waals surface area (Å²) >= 11 is 0. The highest BCUT2D eigenvalue weighted by Crippen LogP contribution is 2.31. The summed E-state index contributed by atoms with van der Waals surface area (Å²) in [6, 6.07) is 3.93. The van der Waals surface area contributed by atoms with Crippen molar-refractivity contribution in [1.29, 1.82) is 0 Å². The number of amidine groups is 1. The molecule has 0 aromatic carbocycles. The molecule has 144 valence electrons. The summed E-state index contributed by atoms with van der Waals surface area (Å²) in [5.74, 6) is -0.191. The summed E-state index contributed by atoms with van der Waals surface area (Å²) in [7, 11) is 0. The van der Waals surface area contributed by atoms with Crippen LogP contribution in [0.15, 0.2) is 35.7 Å². The molecule has 0 fully saturated rings. The number of nitrogens with one attached hydrogen (secondary N) is 1. The molecule has 0 aliphatic carbocycles. The molecule has 0 atom stereocenters. The Morgan fingerprint density at radius 2 is 2.00 bits per heavy atom. The van der Waals surface area contributed by atoms with Crippen LogP contribution in [0.4, 0.5) is 13.2 Å². The molecule has 0 saturated carbocycles. The summed E-state index contributed by atoms with van der Waals surface area (Å²) in [6.07, 6.45) is 2.95. The summed E-state index contributed by atoms with van der Waals surface area (Å²) in [5, 5.41) is 12.2. The number of rotatable bonds is 1. The largest absolute Gasteiger partial charge is 0.453 e. The maximum absolute atomic E-state index is 13.1. The number of aromatic nitrogens is 5. The van der Waals surface area contributed by atoms with E-state index in [2.05, 4.69) is 31.3 Å². The van der Waals surface area contributed by atoms with Gasteiger partial charge < -0.3 is 9.88 Å². The predicted octanol–water partition coefficient (Wildman–Crippen LogP) is 3.07. The molecular formula is C18H16F3N7. The number of H-pyrrole nitrogens is 1. The first-order chi connectivity index (χ1) is 13.5. The summed E-state index contributed by atoms with van der Waals surface area (Å²) < 4.78 is 40.1. The first-order valence-electron chi connectivity index (χ1n) is 8.96. The number of hydrogen-bond acceptors (Lipinski definition) is 5. The molecule has 0 unspecified atom stereocenters. The Bertz CT molecular complexity index is 1110. The van der Waals surface area contributed by atoms with Gasteiger partial charge in [-0.2, -0.15) is 22.9 Å². The number of nitrogens with zero attached hydrogens (tertiary/aromatic N) is 6. The van der Waals surface area contributed by atoms with Crippen LogP contribution in [0, 0.1) is 0 Å². The van der Waals surface area contributed by atoms with Gasteiger partial charge in [-0.3, -0.25) is 0 Å². The fourth-order valence-electron chi connectivity index (χ4n) is 3.73. The lowest BCUT2D eigenvalue weighted by Gasteiger charge is -2.30. The van der Waals surface area contributed by atoms with Crippen molar-refractivity contribution in [1.82, 2.24) is 29.7 Å². The van der Waals surface area contributed by atoms with Crippen molar-refractivity contribution in [3.8, 4) is 0 Å². The van der Waals surface area contributed by atoms with Crippen LogP contribution in [0.5, 0.6) is 0 Å². The van der Waals surface area contributed by atoms with E-state index in [1.54, 1.807) is 6.20 Å². The predicted molar refractivity (Wildman–Crippen MR) is 96.4 cm³/mol. The quantitative estimate of drug-likeness (QED) is 0.696. The van der Waals surface area contributed by atoms with Gasteiger partial charge in [-0.1, -0.05) is 6.08 Å². The molecule has 28 heavy (non-hydrogen) atoms. The lowest BCUT2D eigenvalue weighted by atomic mass is 9.99. The number of pyridine rings is 1. The van der Waals surface area contributed by atoms with Gasteiger partial charge in [-0.15, -0.1) is 10.2 Å². The van der Waals surface area contributed by atoms with Gasteiger partial charge in [0.25, 0.3) is 5.82 Å². The van der Waals surface area contributed by atoms with E-state index < -0.39 is 12.0 Å². The highest BCUT2D eigenvalue weighted by Gasteiger charge is 2.40. The van der Waals surface area contributed by atoms with Crippen molar-refractivity contribution in [3.05, 3.63) is 47.8 Å². The maximum Gasteiger partial charge on any atom is 0.453 e. The third-order valence-corrected chi connectivity index (χ3v) is 5.12. The minimum absolute atomic E-state index is 0.246. The monoisotopic (exact) mass is 387 g/mol. The lowest BCUT2D eigenvalue weighted by Crippen LogP contribution is -2.37. The van der Waals surface area contributed by atoms with E-state index in [1.807, 2.05) is 23.2 Å². The van der Waals surface area contributed by atoms with E-state index >= 15 is 0 Å². The van der Waals surface area contributed by atoms with Crippen LogP contribution >= 0.6 is 0 Å². The second-order valence-corrected chi connectivity index (χ2v) is 6.79. The van der Waals surface area contributed by atoms with Gasteiger partial charge >= 0.3 is 6.18 Å². The average Bonchev–Trinajstić information content (AvgIpc) is 3.31. The molecule has 2 aliphatic rings. The molecule has 10 heteroatoms. The maximum atomic E-state index is 13.1. The van der Waals surface area contributed by atoms with E-state index in [0.717, 1.165) is 27.7 Å². The number of hydrogen-bond donors (Lipinski definition) is 1. The first kappa shape index (κ1) is 17.0. The van der Waals surface area contributed by atoms with Crippen LogP contribution in [-0.2, 0) is 12.6 Å². The van der Waals surface area contributed by atoms with Crippen LogP contribution in [0.2, 0.25) is 0 Å². The standard InChI is InChI=1S/C18H16F3N7/c19-18(20,21)17-25-24-14-3-4-15(26-28(14)17)27-8-5-11(6-9-27)13-10-23-16-12(13)2-1-7-22-16/h1-2,5,7,10H,3-4,6,8-9H2,(H,22,23). The summed E-state index contributed by atoms with van der Waals surface area (Å²) in [5.41, 5.74) is 3.17. The van der Waals surface area contributed by atoms with Crippen LogP contribution in [0.1, 0.15) is 30.1 Å². The van der Waals surface area contributed by atoms with Crippen molar-refractivity contribution in [3.63, 3.8) is 0 Å². The van der Waals surface area contributed by atoms with Gasteiger partial charge in [-0.25, -0.2) is 4.98 Å². The fraction of sp³-hybridized carbons (Fsp3) is 0.333. The zero-order valence-corrected chi connectivity index (χ0v) is 14.7. The van der Waals surface area contributed by atoms with Gasteiger partial charge in [0.2, 0.25) is 0 Å². The molecule has 5 rings (SSSR count). The van der Waals surface area contributed by atoms with Crippen molar-refractivity contribution >= 4 is 22.4 Å². The van der Waals surface area contributed by atoms with Gasteiger partial charge in [-0.05, 0) is 24.1 Å². The SMILES string of the molecule is FC(F)(F)c1nnc2n1N=C(N1CC=C(c3c[nH]c4ncccc34)CC1)CC2. The van der Waals surface area contributed by atoms with E-state index in [0.29, 0.717) is 31.8 Å². The second-order valence-electron chi connectivity index (χ2n) is 6.79. The van der Waals surface area contributed by atoms with E-state index in [1.165, 1.54) is 5.57 Å². The number of fused-ring (bicyclic) bond motifs is 2. The van der Waals surface area contributed by atoms with Gasteiger partial charge in [0.15, 0.2) is 5.82 Å². The molecule has 0 spiro atoms. The van der Waals surface area contributed by atoms with Crippen molar-refractivity contribution < 1.29 is 13.2 Å². The number of aromatic amines is 1. The van der Waals surface area contributed by atoms with Gasteiger partial charge in [0, 0.05) is 49.3 Å². The fourth-order valence-corrected chi connectivity index (χ4v) is 3.73. The molecular weight excluding hydrogens is 371 g/mol. The van der Waals surface area contributed by atoms with E-state index in [4.69, 9.17) is 0 Å². The molecule has 1 N–H and O–H groups in total. The van der Waals surface area contributed by atoms with Crippen LogP contribution < -0.4 is 0 Å². The molecule has 2 aliphatic heterocycles. The Morgan fingerprint density at radius 1 is 1.11 bits per heavy atom. The Balaban J connectivity index is 1.41. The molecule has 0 saturated heterocycles. The minimum atomic E-state index is -4.57. The molecule has 3 aromatic rings. The molecule has 5 heterocycles. The van der Waals surface area contributed by atoms with Crippen molar-refractivity contribution in [2.45, 2.75) is 25.4 Å². The summed E-state index contributed by atoms with van der Waals surface area (Å²) in [6.45, 7) is 1.29. The molecule has 0 radical (unpaired) electrons. The molecule has 3 aromatic heterocycles. The second kappa shape index (κ2) is 6.18. The smallest absolute Gasteiger partial charge is 0.355 e. The van der Waals surface area contributed by atoms with Crippen molar-refractivity contribution in [2.75, 3.05) is 13.1 Å². The third-order valence-electron chi connectivity index (χ3n) is 5.12. The van der Waals surface area contributed by atoms with E-state index in [9.17, 15) is 13.2 Å². The highest BCUT2D eigenvalue weighted by molar-refractivity contribution is 5.91. The van der Waals surface area contributed by atoms with Crippen LogP contribution in [-0.4, -0.2) is 48.7 Å². The van der Waals surface area contributed by atoms with Crippen LogP contribution in [0.25, 0.3) is 16.6 Å². The van der Waals surface area contributed by atoms with Gasteiger partial charge in [0.1, 0.15) is 11.5 Å². The van der Waals surface area contributed by atoms with Crippen molar-refractivity contribution in [2.24, 2.45) is 5.10 Å². The Kier molecular flexibility index (Phi) is 3.74. The molecule has 7 nitrogen and oxygen atoms in total. The Labute approximate surface area is 157 Å². The topological polar surface area (TPSA) is 75.0 Å². The zero-order valence-electron chi connectivity index (χ0n) is 14.7. The van der Waals surface area contributed by atoms with Crippen LogP contribution in [0.3, 0.4) is 0 Å². The highest BCUT2D eigenvalue weighted by atomic mass is 19.4. The van der Waals surface area contributed by atoms with E-state index in [-0.39, 0.29) is 5.82 Å². The first-order valence-corrected chi connectivity index (χ1v) is 8.96. The minimum Gasteiger partial charge on any atom is -0.355 e. The summed E-state index contributed by atoms with van der Waals surface area (Å²) in [4.78, 5) is 9.50. The molecule has 0 bridgehead atoms. The third kappa shape index (κ3) is 2.76. The number of halogens is 3.